The van der Waals surface area contributed by atoms with Crippen molar-refractivity contribution in [3.05, 3.63) is 141 Å². The van der Waals surface area contributed by atoms with Crippen LogP contribution in [0.4, 0.5) is 14.4 Å². The fourth-order valence-corrected chi connectivity index (χ4v) is 9.06. The molecule has 1 N–H and O–H groups in total. The van der Waals surface area contributed by atoms with Crippen LogP contribution in [-0.2, 0) is 42.7 Å². The van der Waals surface area contributed by atoms with E-state index in [1.165, 1.54) is 44.3 Å². The first kappa shape index (κ1) is 69.4. The summed E-state index contributed by atoms with van der Waals surface area (Å²) in [6, 6.07) is 36.1. The van der Waals surface area contributed by atoms with Gasteiger partial charge in [0.15, 0.2) is 6.07 Å². The number of nitrogens with one attached hydrogen (secondary N) is 1. The molecule has 6 rings (SSSR count). The number of amides is 1. The van der Waals surface area contributed by atoms with Crippen molar-refractivity contribution in [3.63, 3.8) is 0 Å². The molecule has 2 fully saturated rings. The van der Waals surface area contributed by atoms with Gasteiger partial charge in [-0.25, -0.2) is 14.4 Å². The Bertz CT molecular complexity index is 2330. The van der Waals surface area contributed by atoms with Gasteiger partial charge in [-0.05, 0) is 153 Å². The number of carbonyl (C=O) groups excluding carboxylic acids is 4. The Morgan fingerprint density at radius 2 is 1.04 bits per heavy atom. The molecule has 0 aliphatic carbocycles. The van der Waals surface area contributed by atoms with E-state index in [1.54, 1.807) is 20.8 Å². The highest BCUT2D eigenvalue weighted by Crippen LogP contribution is 2.29. The molecular weight excluding hydrogens is 1110 g/mol. The minimum atomic E-state index is -0.822. The van der Waals surface area contributed by atoms with Gasteiger partial charge < -0.3 is 60.5 Å². The summed E-state index contributed by atoms with van der Waals surface area (Å²) >= 11 is 17.3. The van der Waals surface area contributed by atoms with Crippen molar-refractivity contribution in [2.24, 2.45) is 0 Å². The van der Waals surface area contributed by atoms with Gasteiger partial charge >= 0.3 is 24.4 Å². The number of carbonyl (C=O) groups is 4. The van der Waals surface area contributed by atoms with Crippen molar-refractivity contribution in [1.82, 2.24) is 10.2 Å². The van der Waals surface area contributed by atoms with Crippen LogP contribution in [0.1, 0.15) is 140 Å². The fourth-order valence-electron chi connectivity index (χ4n) is 8.72. The van der Waals surface area contributed by atoms with Gasteiger partial charge in [-0.1, -0.05) is 126 Å². The zero-order chi connectivity index (χ0) is 57.4. The molecule has 2 aliphatic heterocycles. The molecule has 2 unspecified atom stereocenters. The molecule has 4 aromatic carbocycles. The third-order valence-corrected chi connectivity index (χ3v) is 13.2. The Kier molecular flexibility index (Phi) is 33.0. The number of alkyl halides is 1. The predicted octanol–water partition coefficient (Wildman–Crippen LogP) is 11.3. The monoisotopic (exact) mass is 1190 g/mol. The Labute approximate surface area is 496 Å². The Balaban J connectivity index is 0.000000347. The van der Waals surface area contributed by atoms with Crippen molar-refractivity contribution in [3.8, 4) is 0 Å². The molecule has 4 aromatic rings. The van der Waals surface area contributed by atoms with E-state index in [4.69, 9.17) is 63.2 Å². The first-order valence-electron chi connectivity index (χ1n) is 27.6. The number of nitrogens with zero attached hydrogens (tertiary/aromatic N) is 2. The number of hydrogen-bond acceptors (Lipinski definition) is 13. The van der Waals surface area contributed by atoms with Crippen molar-refractivity contribution in [2.75, 3.05) is 85.0 Å². The summed E-state index contributed by atoms with van der Waals surface area (Å²) in [6.07, 6.45) is 7.07. The SMILES string of the molecule is CC(C)(C)OC(=O)CCCCOC(=O)OC[N+]1(CCOC(c2ccccc2)c2ccc(Cl)cc2)CCCCC1.CC(C)(C)OC(=O)NCCCOC(=O)OCCl.Clc1ccc(C(OCCN2CCCCC2)c2ccccc2)cc1.[Cl-]. The number of esters is 1. The molecule has 15 nitrogen and oxygen atoms in total. The van der Waals surface area contributed by atoms with Gasteiger partial charge in [0.25, 0.3) is 0 Å². The number of rotatable bonds is 24. The van der Waals surface area contributed by atoms with Crippen LogP contribution in [0.5, 0.6) is 0 Å². The minimum absolute atomic E-state index is 0. The number of benzene rings is 4. The van der Waals surface area contributed by atoms with Crippen LogP contribution >= 0.6 is 34.8 Å². The second-order valence-corrected chi connectivity index (χ2v) is 22.5. The number of hydrogen-bond donors (Lipinski definition) is 1. The summed E-state index contributed by atoms with van der Waals surface area (Å²) in [5, 5.41) is 3.97. The zero-order valence-corrected chi connectivity index (χ0v) is 50.6. The number of quaternary nitrogens is 1. The van der Waals surface area contributed by atoms with Crippen LogP contribution in [0.15, 0.2) is 109 Å². The van der Waals surface area contributed by atoms with Crippen LogP contribution < -0.4 is 17.7 Å². The van der Waals surface area contributed by atoms with E-state index in [0.717, 1.165) is 67.3 Å². The molecule has 0 aromatic heterocycles. The standard InChI is InChI=1S/C31H43ClNO6.C20H24ClNO.C10H18ClNO5.ClH/c1-31(2,3)39-28(34)14-8-11-22-37-30(35)38-24-33(19-9-5-10-20-33)21-23-36-29(25-12-6-4-7-13-25)26-15-17-27(32)18-16-26;21-19-11-9-18(10-12-19)20(17-7-3-1-4-8-17)23-16-15-22-13-5-2-6-14-22;1-10(2,3)17-8(13)12-5-4-6-15-9(14)16-7-11;/h4,6-7,12-13,15-18,29H,5,8-11,14,19-24H2,1-3H3;1,3-4,7-12,20H,2,5-6,13-16H2;4-7H2,1-3H3,(H,12,13);1H/q+1;;;/p-1. The molecule has 2 aliphatic rings. The molecule has 2 saturated heterocycles. The Morgan fingerprint density at radius 1 is 0.562 bits per heavy atom. The molecule has 0 saturated carbocycles. The largest absolute Gasteiger partial charge is 1.00 e. The predicted molar refractivity (Wildman–Crippen MR) is 309 cm³/mol. The van der Waals surface area contributed by atoms with Gasteiger partial charge in [-0.3, -0.25) is 9.28 Å². The maximum Gasteiger partial charge on any atom is 0.512 e. The van der Waals surface area contributed by atoms with Crippen LogP contribution in [-0.4, -0.2) is 130 Å². The van der Waals surface area contributed by atoms with E-state index < -0.39 is 29.6 Å². The van der Waals surface area contributed by atoms with Gasteiger partial charge in [0, 0.05) is 29.6 Å². The molecule has 0 bridgehead atoms. The third kappa shape index (κ3) is 29.7. The summed E-state index contributed by atoms with van der Waals surface area (Å²) in [5.74, 6) is -0.241. The van der Waals surface area contributed by atoms with Crippen molar-refractivity contribution >= 4 is 59.2 Å². The highest BCUT2D eigenvalue weighted by atomic mass is 35.5. The van der Waals surface area contributed by atoms with Gasteiger partial charge in [-0.2, -0.15) is 0 Å². The first-order chi connectivity index (χ1) is 37.8. The fraction of sp³-hybridized carbons (Fsp3) is 0.541. The van der Waals surface area contributed by atoms with E-state index in [0.29, 0.717) is 48.3 Å². The summed E-state index contributed by atoms with van der Waals surface area (Å²) in [6.45, 7) is 19.1. The molecule has 80 heavy (non-hydrogen) atoms. The van der Waals surface area contributed by atoms with Gasteiger partial charge in [0.05, 0.1) is 39.5 Å². The van der Waals surface area contributed by atoms with E-state index >= 15 is 0 Å². The number of alkyl carbamates (subject to hydrolysis) is 1. The Morgan fingerprint density at radius 3 is 1.55 bits per heavy atom. The van der Waals surface area contributed by atoms with Gasteiger partial charge in [0.1, 0.15) is 30.0 Å². The highest BCUT2D eigenvalue weighted by molar-refractivity contribution is 6.30. The molecule has 2 heterocycles. The summed E-state index contributed by atoms with van der Waals surface area (Å²) in [7, 11) is 0. The van der Waals surface area contributed by atoms with Crippen molar-refractivity contribution < 1.29 is 74.0 Å². The van der Waals surface area contributed by atoms with Crippen LogP contribution in [0.3, 0.4) is 0 Å². The average molecular weight is 1190 g/mol. The molecule has 1 amide bonds. The van der Waals surface area contributed by atoms with E-state index in [-0.39, 0.29) is 56.6 Å². The maximum absolute atomic E-state index is 12.3. The van der Waals surface area contributed by atoms with Crippen molar-refractivity contribution in [1.29, 1.82) is 0 Å². The van der Waals surface area contributed by atoms with Crippen LogP contribution in [0, 0.1) is 0 Å². The quantitative estimate of drug-likeness (QED) is 0.0233. The lowest BCUT2D eigenvalue weighted by atomic mass is 10.0. The zero-order valence-electron chi connectivity index (χ0n) is 47.6. The maximum atomic E-state index is 12.3. The molecule has 0 radical (unpaired) electrons. The average Bonchev–Trinajstić information content (AvgIpc) is 3.41. The lowest BCUT2D eigenvalue weighted by Gasteiger charge is -2.40. The number of unbranched alkanes of at least 4 members (excludes halogenated alkanes) is 1. The van der Waals surface area contributed by atoms with Gasteiger partial charge in [0.2, 0.25) is 6.73 Å². The van der Waals surface area contributed by atoms with Crippen LogP contribution in [0.2, 0.25) is 10.0 Å². The lowest BCUT2D eigenvalue weighted by molar-refractivity contribution is -0.948. The molecular formula is C61H85Cl4N3O12. The van der Waals surface area contributed by atoms with Gasteiger partial charge in [-0.15, -0.1) is 0 Å². The second-order valence-electron chi connectivity index (χ2n) is 21.5. The number of likely N-dealkylation sites (tertiary alicyclic amines) is 2. The molecule has 444 valence electrons. The number of piperidine rings is 2. The molecule has 19 heteroatoms. The van der Waals surface area contributed by atoms with E-state index in [2.05, 4.69) is 68.2 Å². The summed E-state index contributed by atoms with van der Waals surface area (Å²) in [5.41, 5.74) is 3.45. The minimum Gasteiger partial charge on any atom is -1.00 e. The highest BCUT2D eigenvalue weighted by Gasteiger charge is 2.32. The van der Waals surface area contributed by atoms with E-state index in [9.17, 15) is 19.2 Å². The second kappa shape index (κ2) is 38.0. The normalized spacial score (nSPS) is 14.9. The first-order valence-corrected chi connectivity index (χ1v) is 28.9. The lowest BCUT2D eigenvalue weighted by Crippen LogP contribution is -3.00. The topological polar surface area (TPSA) is 157 Å². The number of halogens is 4. The van der Waals surface area contributed by atoms with E-state index in [1.807, 2.05) is 81.4 Å². The Hall–Kier alpha value is -4.84. The number of ether oxygens (including phenoxy) is 8. The third-order valence-electron chi connectivity index (χ3n) is 12.6. The summed E-state index contributed by atoms with van der Waals surface area (Å²) in [4.78, 5) is 48.5. The van der Waals surface area contributed by atoms with Crippen molar-refractivity contribution in [2.45, 2.75) is 129 Å². The molecule has 2 atom stereocenters. The smallest absolute Gasteiger partial charge is 0.512 e. The summed E-state index contributed by atoms with van der Waals surface area (Å²) < 4.78 is 43.5. The van der Waals surface area contributed by atoms with Crippen LogP contribution in [0.25, 0.3) is 0 Å². The molecule has 0 spiro atoms.